The number of benzene rings is 1. The van der Waals surface area contributed by atoms with Gasteiger partial charge in [-0.1, -0.05) is 36.8 Å². The van der Waals surface area contributed by atoms with E-state index in [0.717, 1.165) is 25.9 Å². The average molecular weight is 261 g/mol. The molecule has 0 radical (unpaired) electrons. The van der Waals surface area contributed by atoms with Gasteiger partial charge in [0.1, 0.15) is 0 Å². The van der Waals surface area contributed by atoms with Crippen LogP contribution in [0.5, 0.6) is 0 Å². The highest BCUT2D eigenvalue weighted by molar-refractivity contribution is 5.75. The summed E-state index contributed by atoms with van der Waals surface area (Å²) >= 11 is 0. The van der Waals surface area contributed by atoms with Gasteiger partial charge in [-0.15, -0.1) is 0 Å². The molecule has 3 heteroatoms. The maximum absolute atomic E-state index is 11.7. The Morgan fingerprint density at radius 2 is 2.32 bits per heavy atom. The maximum atomic E-state index is 11.7. The Hall–Kier alpha value is -1.35. The first-order valence-corrected chi connectivity index (χ1v) is 7.14. The van der Waals surface area contributed by atoms with E-state index in [1.54, 1.807) is 0 Å². The standard InChI is InChI=1S/C16H23NO2/c1-3-16(18)17-9-5-8-15(11-17)19-12-14-7-4-6-13(2)10-14/h4,6-7,10,15H,3,5,8-9,11-12H2,1-2H3. The molecule has 1 saturated heterocycles. The minimum atomic E-state index is 0.185. The summed E-state index contributed by atoms with van der Waals surface area (Å²) in [5, 5.41) is 0. The van der Waals surface area contributed by atoms with E-state index in [4.69, 9.17) is 4.74 Å². The number of carbonyl (C=O) groups is 1. The fourth-order valence-corrected chi connectivity index (χ4v) is 2.54. The Bertz CT molecular complexity index is 431. The highest BCUT2D eigenvalue weighted by atomic mass is 16.5. The number of nitrogens with zero attached hydrogens (tertiary/aromatic N) is 1. The molecule has 19 heavy (non-hydrogen) atoms. The van der Waals surface area contributed by atoms with Crippen molar-refractivity contribution >= 4 is 5.91 Å². The van der Waals surface area contributed by atoms with Crippen molar-refractivity contribution in [2.45, 2.75) is 45.8 Å². The summed E-state index contributed by atoms with van der Waals surface area (Å²) < 4.78 is 5.96. The highest BCUT2D eigenvalue weighted by Crippen LogP contribution is 2.16. The number of rotatable bonds is 4. The third-order valence-electron chi connectivity index (χ3n) is 3.60. The summed E-state index contributed by atoms with van der Waals surface area (Å²) in [5.41, 5.74) is 2.46. The van der Waals surface area contributed by atoms with E-state index in [-0.39, 0.29) is 12.0 Å². The van der Waals surface area contributed by atoms with Crippen LogP contribution in [-0.4, -0.2) is 30.0 Å². The van der Waals surface area contributed by atoms with Crippen molar-refractivity contribution in [1.29, 1.82) is 0 Å². The molecule has 0 aliphatic carbocycles. The van der Waals surface area contributed by atoms with Crippen LogP contribution in [0.1, 0.15) is 37.3 Å². The summed E-state index contributed by atoms with van der Waals surface area (Å²) in [4.78, 5) is 13.6. The smallest absolute Gasteiger partial charge is 0.222 e. The van der Waals surface area contributed by atoms with E-state index in [9.17, 15) is 4.79 Å². The molecule has 1 aliphatic rings. The molecular weight excluding hydrogens is 238 g/mol. The lowest BCUT2D eigenvalue weighted by Crippen LogP contribution is -2.42. The van der Waals surface area contributed by atoms with Gasteiger partial charge in [0.15, 0.2) is 0 Å². The summed E-state index contributed by atoms with van der Waals surface area (Å²) in [7, 11) is 0. The van der Waals surface area contributed by atoms with Gasteiger partial charge in [0.05, 0.1) is 12.7 Å². The summed E-state index contributed by atoms with van der Waals surface area (Å²) in [6.45, 7) is 6.28. The van der Waals surface area contributed by atoms with Crippen molar-refractivity contribution in [1.82, 2.24) is 4.90 Å². The molecule has 1 amide bonds. The predicted octanol–water partition coefficient (Wildman–Crippen LogP) is 2.91. The van der Waals surface area contributed by atoms with Gasteiger partial charge in [-0.2, -0.15) is 0 Å². The zero-order valence-electron chi connectivity index (χ0n) is 11.9. The van der Waals surface area contributed by atoms with Crippen LogP contribution in [-0.2, 0) is 16.1 Å². The van der Waals surface area contributed by atoms with Crippen molar-refractivity contribution in [3.63, 3.8) is 0 Å². The fraction of sp³-hybridized carbons (Fsp3) is 0.562. The Labute approximate surface area is 115 Å². The van der Waals surface area contributed by atoms with Gasteiger partial charge >= 0.3 is 0 Å². The quantitative estimate of drug-likeness (QED) is 0.834. The zero-order chi connectivity index (χ0) is 13.7. The number of hydrogen-bond donors (Lipinski definition) is 0. The van der Waals surface area contributed by atoms with E-state index in [1.165, 1.54) is 11.1 Å². The van der Waals surface area contributed by atoms with Crippen LogP contribution in [0.4, 0.5) is 0 Å². The van der Waals surface area contributed by atoms with Crippen molar-refractivity contribution in [2.75, 3.05) is 13.1 Å². The average Bonchev–Trinajstić information content (AvgIpc) is 2.45. The van der Waals surface area contributed by atoms with Crippen molar-refractivity contribution in [3.8, 4) is 0 Å². The Morgan fingerprint density at radius 1 is 1.47 bits per heavy atom. The third kappa shape index (κ3) is 4.06. The van der Waals surface area contributed by atoms with Crippen LogP contribution in [0.3, 0.4) is 0 Å². The van der Waals surface area contributed by atoms with Gasteiger partial charge < -0.3 is 9.64 Å². The second-order valence-corrected chi connectivity index (χ2v) is 5.26. The summed E-state index contributed by atoms with van der Waals surface area (Å²) in [6.07, 6.45) is 2.87. The van der Waals surface area contributed by atoms with Crippen LogP contribution in [0.2, 0.25) is 0 Å². The topological polar surface area (TPSA) is 29.5 Å². The number of amides is 1. The molecule has 2 rings (SSSR count). The number of ether oxygens (including phenoxy) is 1. The molecule has 1 aliphatic heterocycles. The molecule has 104 valence electrons. The number of likely N-dealkylation sites (tertiary alicyclic amines) is 1. The van der Waals surface area contributed by atoms with E-state index < -0.39 is 0 Å². The molecule has 1 aromatic carbocycles. The normalized spacial score (nSPS) is 19.5. The number of piperidine rings is 1. The molecule has 0 spiro atoms. The zero-order valence-corrected chi connectivity index (χ0v) is 11.9. The second kappa shape index (κ2) is 6.71. The predicted molar refractivity (Wildman–Crippen MR) is 75.9 cm³/mol. The first kappa shape index (κ1) is 14.1. The first-order valence-electron chi connectivity index (χ1n) is 7.14. The first-order chi connectivity index (χ1) is 9.19. The van der Waals surface area contributed by atoms with Gasteiger partial charge in [-0.05, 0) is 25.3 Å². The molecule has 1 aromatic rings. The number of aryl methyl sites for hydroxylation is 1. The molecule has 0 aromatic heterocycles. The van der Waals surface area contributed by atoms with Crippen LogP contribution >= 0.6 is 0 Å². The molecule has 3 nitrogen and oxygen atoms in total. The fourth-order valence-electron chi connectivity index (χ4n) is 2.54. The number of hydrogen-bond acceptors (Lipinski definition) is 2. The monoisotopic (exact) mass is 261 g/mol. The van der Waals surface area contributed by atoms with Crippen LogP contribution in [0.25, 0.3) is 0 Å². The molecule has 0 saturated carbocycles. The molecule has 1 unspecified atom stereocenters. The minimum Gasteiger partial charge on any atom is -0.372 e. The van der Waals surface area contributed by atoms with E-state index in [1.807, 2.05) is 11.8 Å². The molecule has 1 fully saturated rings. The van der Waals surface area contributed by atoms with Gasteiger partial charge in [-0.25, -0.2) is 0 Å². The maximum Gasteiger partial charge on any atom is 0.222 e. The molecule has 1 atom stereocenters. The second-order valence-electron chi connectivity index (χ2n) is 5.26. The molecule has 1 heterocycles. The largest absolute Gasteiger partial charge is 0.372 e. The van der Waals surface area contributed by atoms with Gasteiger partial charge in [0, 0.05) is 19.5 Å². The molecule has 0 N–H and O–H groups in total. The SMILES string of the molecule is CCC(=O)N1CCCC(OCc2cccc(C)c2)C1. The third-order valence-corrected chi connectivity index (χ3v) is 3.60. The lowest BCUT2D eigenvalue weighted by Gasteiger charge is -2.32. The minimum absolute atomic E-state index is 0.185. The Kier molecular flexibility index (Phi) is 4.97. The van der Waals surface area contributed by atoms with Crippen LogP contribution in [0, 0.1) is 6.92 Å². The summed E-state index contributed by atoms with van der Waals surface area (Å²) in [6, 6.07) is 8.39. The van der Waals surface area contributed by atoms with E-state index in [2.05, 4.69) is 31.2 Å². The van der Waals surface area contributed by atoms with E-state index in [0.29, 0.717) is 13.0 Å². The van der Waals surface area contributed by atoms with E-state index >= 15 is 0 Å². The van der Waals surface area contributed by atoms with Gasteiger partial charge in [-0.3, -0.25) is 4.79 Å². The number of carbonyl (C=O) groups excluding carboxylic acids is 1. The Balaban J connectivity index is 1.84. The summed E-state index contributed by atoms with van der Waals surface area (Å²) in [5.74, 6) is 0.240. The lowest BCUT2D eigenvalue weighted by molar-refractivity contribution is -0.135. The lowest BCUT2D eigenvalue weighted by atomic mass is 10.1. The Morgan fingerprint density at radius 3 is 3.05 bits per heavy atom. The van der Waals surface area contributed by atoms with Gasteiger partial charge in [0.25, 0.3) is 0 Å². The molecule has 0 bridgehead atoms. The van der Waals surface area contributed by atoms with Crippen LogP contribution < -0.4 is 0 Å². The van der Waals surface area contributed by atoms with Gasteiger partial charge in [0.2, 0.25) is 5.91 Å². The van der Waals surface area contributed by atoms with Crippen molar-refractivity contribution in [2.24, 2.45) is 0 Å². The molecular formula is C16H23NO2. The van der Waals surface area contributed by atoms with Crippen molar-refractivity contribution < 1.29 is 9.53 Å². The van der Waals surface area contributed by atoms with Crippen LogP contribution in [0.15, 0.2) is 24.3 Å². The highest BCUT2D eigenvalue weighted by Gasteiger charge is 2.22. The van der Waals surface area contributed by atoms with Crippen molar-refractivity contribution in [3.05, 3.63) is 35.4 Å².